The first-order valence-corrected chi connectivity index (χ1v) is 8.10. The van der Waals surface area contributed by atoms with Gasteiger partial charge in [-0.15, -0.1) is 11.3 Å². The zero-order valence-corrected chi connectivity index (χ0v) is 14.2. The van der Waals surface area contributed by atoms with Crippen molar-refractivity contribution in [2.75, 3.05) is 19.0 Å². The second-order valence-corrected chi connectivity index (χ2v) is 6.21. The second kappa shape index (κ2) is 6.44. The molecule has 0 saturated carbocycles. The maximum Gasteiger partial charge on any atom is 0.338 e. The third-order valence-electron chi connectivity index (χ3n) is 3.53. The van der Waals surface area contributed by atoms with Crippen LogP contribution in [0.1, 0.15) is 36.8 Å². The van der Waals surface area contributed by atoms with Crippen molar-refractivity contribution < 1.29 is 23.9 Å². The lowest BCUT2D eigenvalue weighted by atomic mass is 10.1. The Labute approximate surface area is 146 Å². The van der Waals surface area contributed by atoms with Gasteiger partial charge in [0.1, 0.15) is 0 Å². The summed E-state index contributed by atoms with van der Waals surface area (Å²) in [7, 11) is 1.37. The minimum absolute atomic E-state index is 0.0908. The number of aromatic nitrogens is 1. The van der Waals surface area contributed by atoms with Crippen molar-refractivity contribution in [3.05, 3.63) is 46.0 Å². The van der Waals surface area contributed by atoms with Crippen LogP contribution in [0.4, 0.5) is 5.13 Å². The van der Waals surface area contributed by atoms with Crippen LogP contribution in [0.15, 0.2) is 23.6 Å². The Balaban J connectivity index is 1.63. The van der Waals surface area contributed by atoms with E-state index < -0.39 is 30.3 Å². The molecule has 0 bridgehead atoms. The second-order valence-electron chi connectivity index (χ2n) is 5.35. The Morgan fingerprint density at radius 2 is 1.96 bits per heavy atom. The maximum absolute atomic E-state index is 12.1. The van der Waals surface area contributed by atoms with Crippen LogP contribution >= 0.6 is 11.3 Å². The molecule has 1 aromatic heterocycles. The monoisotopic (exact) mass is 359 g/mol. The highest BCUT2D eigenvalue weighted by molar-refractivity contribution is 7.13. The van der Waals surface area contributed by atoms with Crippen LogP contribution in [0.3, 0.4) is 0 Å². The zero-order valence-electron chi connectivity index (χ0n) is 13.4. The van der Waals surface area contributed by atoms with Gasteiger partial charge in [-0.1, -0.05) is 0 Å². The number of imide groups is 1. The van der Waals surface area contributed by atoms with Crippen molar-refractivity contribution in [3.8, 4) is 0 Å². The van der Waals surface area contributed by atoms with E-state index in [1.54, 1.807) is 12.3 Å². The number of fused-ring (bicyclic) bond motifs is 1. The molecular weight excluding hydrogens is 346 g/mol. The fourth-order valence-corrected chi connectivity index (χ4v) is 2.97. The van der Waals surface area contributed by atoms with Crippen LogP contribution in [0.2, 0.25) is 0 Å². The highest BCUT2D eigenvalue weighted by Gasteiger charge is 2.33. The molecule has 1 N–H and O–H groups in total. The Morgan fingerprint density at radius 1 is 1.24 bits per heavy atom. The van der Waals surface area contributed by atoms with Crippen molar-refractivity contribution in [1.82, 2.24) is 9.88 Å². The van der Waals surface area contributed by atoms with Gasteiger partial charge in [0, 0.05) is 12.4 Å². The molecule has 2 heterocycles. The Morgan fingerprint density at radius 3 is 2.64 bits per heavy atom. The summed E-state index contributed by atoms with van der Waals surface area (Å²) >= 11 is 1.26. The molecule has 0 saturated heterocycles. The van der Waals surface area contributed by atoms with E-state index in [2.05, 4.69) is 10.3 Å². The molecule has 1 aliphatic rings. The summed E-state index contributed by atoms with van der Waals surface area (Å²) in [5.41, 5.74) is 1.25. The smallest absolute Gasteiger partial charge is 0.338 e. The summed E-state index contributed by atoms with van der Waals surface area (Å²) in [4.78, 5) is 52.6. The van der Waals surface area contributed by atoms with E-state index in [0.717, 1.165) is 10.6 Å². The number of carbonyl (C=O) groups is 4. The van der Waals surface area contributed by atoms with Gasteiger partial charge in [-0.25, -0.2) is 9.78 Å². The number of hydrogen-bond acceptors (Lipinski definition) is 7. The molecule has 0 fully saturated rings. The molecule has 0 unspecified atom stereocenters. The molecule has 9 heteroatoms. The number of amides is 3. The van der Waals surface area contributed by atoms with Gasteiger partial charge in [-0.3, -0.25) is 24.6 Å². The highest BCUT2D eigenvalue weighted by atomic mass is 32.1. The number of benzene rings is 1. The third-order valence-corrected chi connectivity index (χ3v) is 4.40. The summed E-state index contributed by atoms with van der Waals surface area (Å²) in [6, 6.07) is 4.07. The molecule has 8 nitrogen and oxygen atoms in total. The van der Waals surface area contributed by atoms with Crippen LogP contribution in [0.5, 0.6) is 0 Å². The van der Waals surface area contributed by atoms with Gasteiger partial charge in [-0.2, -0.15) is 0 Å². The van der Waals surface area contributed by atoms with Gasteiger partial charge in [0.2, 0.25) is 0 Å². The normalized spacial score (nSPS) is 13.0. The summed E-state index contributed by atoms with van der Waals surface area (Å²) in [6.07, 6.45) is 0. The maximum atomic E-state index is 12.1. The molecule has 2 aromatic rings. The minimum Gasteiger partial charge on any atom is -0.452 e. The number of ether oxygens (including phenoxy) is 1. The van der Waals surface area contributed by atoms with E-state index in [1.165, 1.54) is 36.6 Å². The minimum atomic E-state index is -0.761. The Hall–Kier alpha value is -3.07. The molecule has 0 aliphatic carbocycles. The zero-order chi connectivity index (χ0) is 18.1. The molecule has 25 heavy (non-hydrogen) atoms. The van der Waals surface area contributed by atoms with Gasteiger partial charge in [0.05, 0.1) is 22.4 Å². The van der Waals surface area contributed by atoms with Gasteiger partial charge in [-0.05, 0) is 25.1 Å². The number of carbonyl (C=O) groups excluding carboxylic acids is 4. The molecule has 1 aromatic carbocycles. The summed E-state index contributed by atoms with van der Waals surface area (Å²) in [5.74, 6) is -2.18. The topological polar surface area (TPSA) is 106 Å². The number of esters is 1. The van der Waals surface area contributed by atoms with Gasteiger partial charge < -0.3 is 4.74 Å². The first-order chi connectivity index (χ1) is 11.9. The number of anilines is 1. The van der Waals surface area contributed by atoms with Crippen LogP contribution in [0.25, 0.3) is 0 Å². The number of thiazole rings is 1. The van der Waals surface area contributed by atoms with Crippen molar-refractivity contribution >= 4 is 40.2 Å². The lowest BCUT2D eigenvalue weighted by Gasteiger charge is -2.05. The number of nitrogens with zero attached hydrogens (tertiary/aromatic N) is 2. The lowest BCUT2D eigenvalue weighted by Crippen LogP contribution is -2.24. The van der Waals surface area contributed by atoms with Crippen LogP contribution in [-0.2, 0) is 9.53 Å². The Kier molecular flexibility index (Phi) is 4.32. The van der Waals surface area contributed by atoms with E-state index in [4.69, 9.17) is 4.74 Å². The molecule has 0 spiro atoms. The highest BCUT2D eigenvalue weighted by Crippen LogP contribution is 2.23. The van der Waals surface area contributed by atoms with Crippen molar-refractivity contribution in [2.45, 2.75) is 6.92 Å². The van der Waals surface area contributed by atoms with Gasteiger partial charge in [0.25, 0.3) is 17.7 Å². The average Bonchev–Trinajstić information content (AvgIpc) is 3.09. The molecule has 3 amide bonds. The van der Waals surface area contributed by atoms with E-state index in [-0.39, 0.29) is 16.7 Å². The molecule has 0 atom stereocenters. The molecular formula is C16H13N3O5S. The number of hydrogen-bond donors (Lipinski definition) is 1. The lowest BCUT2D eigenvalue weighted by molar-refractivity contribution is -0.119. The first kappa shape index (κ1) is 16.8. The van der Waals surface area contributed by atoms with Gasteiger partial charge >= 0.3 is 5.97 Å². The SMILES string of the molecule is Cc1csc(NC(=O)COC(=O)c2ccc3c(c2)C(=O)N(C)C3=O)n1. The van der Waals surface area contributed by atoms with E-state index in [9.17, 15) is 19.2 Å². The largest absolute Gasteiger partial charge is 0.452 e. The number of nitrogens with one attached hydrogen (secondary N) is 1. The van der Waals surface area contributed by atoms with Crippen LogP contribution in [0, 0.1) is 6.92 Å². The fraction of sp³-hybridized carbons (Fsp3) is 0.188. The van der Waals surface area contributed by atoms with E-state index in [1.807, 2.05) is 0 Å². The van der Waals surface area contributed by atoms with Crippen molar-refractivity contribution in [1.29, 1.82) is 0 Å². The molecule has 128 valence electrons. The molecule has 1 aliphatic heterocycles. The van der Waals surface area contributed by atoms with E-state index >= 15 is 0 Å². The molecule has 0 radical (unpaired) electrons. The summed E-state index contributed by atoms with van der Waals surface area (Å²) < 4.78 is 4.93. The van der Waals surface area contributed by atoms with Crippen molar-refractivity contribution in [2.24, 2.45) is 0 Å². The standard InChI is InChI=1S/C16H13N3O5S/c1-8-7-25-16(17-8)18-12(20)6-24-15(23)9-3-4-10-11(5-9)14(22)19(2)13(10)21/h3-5,7H,6H2,1-2H3,(H,17,18,20). The predicted molar refractivity (Wildman–Crippen MR) is 88.6 cm³/mol. The quantitative estimate of drug-likeness (QED) is 0.655. The average molecular weight is 359 g/mol. The van der Waals surface area contributed by atoms with Crippen LogP contribution < -0.4 is 5.32 Å². The van der Waals surface area contributed by atoms with Crippen molar-refractivity contribution in [3.63, 3.8) is 0 Å². The Bertz CT molecular complexity index is 905. The first-order valence-electron chi connectivity index (χ1n) is 7.22. The summed E-state index contributed by atoms with van der Waals surface area (Å²) in [6.45, 7) is 1.31. The van der Waals surface area contributed by atoms with Crippen LogP contribution in [-0.4, -0.2) is 47.2 Å². The summed E-state index contributed by atoms with van der Waals surface area (Å²) in [5, 5.41) is 4.71. The fourth-order valence-electron chi connectivity index (χ4n) is 2.27. The third kappa shape index (κ3) is 3.26. The number of rotatable bonds is 4. The number of aryl methyl sites for hydroxylation is 1. The van der Waals surface area contributed by atoms with E-state index in [0.29, 0.717) is 5.13 Å². The molecule has 3 rings (SSSR count). The predicted octanol–water partition coefficient (Wildman–Crippen LogP) is 1.47. The van der Waals surface area contributed by atoms with Gasteiger partial charge in [0.15, 0.2) is 11.7 Å².